The Bertz CT molecular complexity index is 638. The summed E-state index contributed by atoms with van der Waals surface area (Å²) in [4.78, 5) is 12.6. The summed E-state index contributed by atoms with van der Waals surface area (Å²) < 4.78 is 13.6. The lowest BCUT2D eigenvalue weighted by Gasteiger charge is -2.16. The highest BCUT2D eigenvalue weighted by atomic mass is 32.1. The molecule has 1 aromatic carbocycles. The second-order valence-corrected chi connectivity index (χ2v) is 5.61. The fraction of sp³-hybridized carbons (Fsp3) is 0.188. The summed E-state index contributed by atoms with van der Waals surface area (Å²) in [6.07, 6.45) is 2.22. The second-order valence-electron chi connectivity index (χ2n) is 4.83. The van der Waals surface area contributed by atoms with Gasteiger partial charge < -0.3 is 5.11 Å². The molecule has 21 heavy (non-hydrogen) atoms. The Morgan fingerprint density at radius 2 is 2.10 bits per heavy atom. The number of carbonyl (C=O) groups is 1. The van der Waals surface area contributed by atoms with Gasteiger partial charge in [-0.1, -0.05) is 6.07 Å². The number of aliphatic carboxylic acids is 1. The predicted octanol–water partition coefficient (Wildman–Crippen LogP) is 3.62. The first kappa shape index (κ1) is 15.4. The van der Waals surface area contributed by atoms with E-state index in [1.165, 1.54) is 17.7 Å². The first-order valence-corrected chi connectivity index (χ1v) is 7.38. The van der Waals surface area contributed by atoms with E-state index in [1.807, 2.05) is 12.4 Å². The molecule has 0 aliphatic rings. The van der Waals surface area contributed by atoms with Gasteiger partial charge in [-0.2, -0.15) is 11.3 Å². The molecule has 3 nitrogen and oxygen atoms in total. The van der Waals surface area contributed by atoms with E-state index in [2.05, 4.69) is 16.3 Å². The van der Waals surface area contributed by atoms with Gasteiger partial charge in [-0.3, -0.25) is 4.90 Å². The van der Waals surface area contributed by atoms with Crippen LogP contribution >= 0.6 is 11.3 Å². The van der Waals surface area contributed by atoms with Crippen molar-refractivity contribution in [2.45, 2.75) is 13.1 Å². The molecule has 1 heterocycles. The van der Waals surface area contributed by atoms with Crippen molar-refractivity contribution in [3.63, 3.8) is 0 Å². The molecule has 0 bridgehead atoms. The maximum Gasteiger partial charge on any atom is 0.328 e. The Balaban J connectivity index is 2.06. The third kappa shape index (κ3) is 4.81. The molecule has 2 aromatic rings. The van der Waals surface area contributed by atoms with E-state index < -0.39 is 11.8 Å². The molecule has 0 radical (unpaired) electrons. The number of halogens is 1. The van der Waals surface area contributed by atoms with Crippen molar-refractivity contribution >= 4 is 23.4 Å². The van der Waals surface area contributed by atoms with Gasteiger partial charge in [0.1, 0.15) is 5.82 Å². The van der Waals surface area contributed by atoms with Crippen molar-refractivity contribution in [3.8, 4) is 0 Å². The fourth-order valence-corrected chi connectivity index (χ4v) is 2.70. The molecule has 0 aliphatic carbocycles. The van der Waals surface area contributed by atoms with Gasteiger partial charge in [-0.25, -0.2) is 9.18 Å². The van der Waals surface area contributed by atoms with E-state index in [1.54, 1.807) is 23.5 Å². The lowest BCUT2D eigenvalue weighted by atomic mass is 10.1. The van der Waals surface area contributed by atoms with E-state index in [0.29, 0.717) is 12.1 Å². The SMILES string of the molecule is CN(Cc1ccsc1)Cc1ccc(F)c(C=CC(=O)O)c1. The molecule has 0 spiro atoms. The summed E-state index contributed by atoms with van der Waals surface area (Å²) in [5.74, 6) is -1.51. The van der Waals surface area contributed by atoms with Crippen molar-refractivity contribution in [3.05, 3.63) is 63.6 Å². The Labute approximate surface area is 127 Å². The fourth-order valence-electron chi connectivity index (χ4n) is 2.04. The lowest BCUT2D eigenvalue weighted by molar-refractivity contribution is -0.131. The summed E-state index contributed by atoms with van der Waals surface area (Å²) in [7, 11) is 1.99. The number of nitrogens with zero attached hydrogens (tertiary/aromatic N) is 1. The van der Waals surface area contributed by atoms with Crippen LogP contribution in [0.15, 0.2) is 41.1 Å². The summed E-state index contributed by atoms with van der Waals surface area (Å²) >= 11 is 1.66. The summed E-state index contributed by atoms with van der Waals surface area (Å²) in [5.41, 5.74) is 2.48. The Hall–Kier alpha value is -1.98. The number of hydrogen-bond donors (Lipinski definition) is 1. The molecule has 1 aromatic heterocycles. The zero-order valence-electron chi connectivity index (χ0n) is 11.6. The normalized spacial score (nSPS) is 11.4. The average Bonchev–Trinajstić information content (AvgIpc) is 2.92. The zero-order chi connectivity index (χ0) is 15.2. The van der Waals surface area contributed by atoms with Crippen molar-refractivity contribution in [2.75, 3.05) is 7.05 Å². The predicted molar refractivity (Wildman–Crippen MR) is 82.6 cm³/mol. The second kappa shape index (κ2) is 7.15. The molecule has 1 N–H and O–H groups in total. The van der Waals surface area contributed by atoms with Crippen LogP contribution < -0.4 is 0 Å². The average molecular weight is 305 g/mol. The van der Waals surface area contributed by atoms with Gasteiger partial charge in [0.2, 0.25) is 0 Å². The zero-order valence-corrected chi connectivity index (χ0v) is 12.4. The van der Waals surface area contributed by atoms with Crippen molar-refractivity contribution in [2.24, 2.45) is 0 Å². The van der Waals surface area contributed by atoms with Gasteiger partial charge in [0.05, 0.1) is 0 Å². The summed E-state index contributed by atoms with van der Waals surface area (Å²) in [5, 5.41) is 12.7. The van der Waals surface area contributed by atoms with Gasteiger partial charge >= 0.3 is 5.97 Å². The number of carboxylic acid groups (broad SMARTS) is 1. The molecule has 2 rings (SSSR count). The summed E-state index contributed by atoms with van der Waals surface area (Å²) in [6.45, 7) is 1.49. The maximum atomic E-state index is 13.6. The van der Waals surface area contributed by atoms with Crippen molar-refractivity contribution < 1.29 is 14.3 Å². The van der Waals surface area contributed by atoms with Gasteiger partial charge in [0, 0.05) is 24.7 Å². The monoisotopic (exact) mass is 305 g/mol. The van der Waals surface area contributed by atoms with E-state index in [9.17, 15) is 9.18 Å². The van der Waals surface area contributed by atoms with Crippen LogP contribution in [0.1, 0.15) is 16.7 Å². The molecule has 0 aliphatic heterocycles. The molecule has 0 fully saturated rings. The van der Waals surface area contributed by atoms with Crippen LogP contribution in [0.5, 0.6) is 0 Å². The van der Waals surface area contributed by atoms with Crippen LogP contribution in [-0.4, -0.2) is 23.0 Å². The van der Waals surface area contributed by atoms with E-state index in [0.717, 1.165) is 18.2 Å². The van der Waals surface area contributed by atoms with Crippen LogP contribution in [0.2, 0.25) is 0 Å². The van der Waals surface area contributed by atoms with Gasteiger partial charge in [-0.05, 0) is 53.2 Å². The molecule has 0 saturated carbocycles. The number of hydrogen-bond acceptors (Lipinski definition) is 3. The van der Waals surface area contributed by atoms with Gasteiger partial charge in [0.15, 0.2) is 0 Å². The summed E-state index contributed by atoms with van der Waals surface area (Å²) in [6, 6.07) is 6.85. The Morgan fingerprint density at radius 1 is 1.33 bits per heavy atom. The molecule has 0 unspecified atom stereocenters. The van der Waals surface area contributed by atoms with Gasteiger partial charge in [-0.15, -0.1) is 0 Å². The number of thiophene rings is 1. The van der Waals surface area contributed by atoms with Crippen molar-refractivity contribution in [1.29, 1.82) is 0 Å². The van der Waals surface area contributed by atoms with Crippen LogP contribution in [0.25, 0.3) is 6.08 Å². The minimum absolute atomic E-state index is 0.291. The number of rotatable bonds is 6. The Kier molecular flexibility index (Phi) is 5.25. The number of benzene rings is 1. The standard InChI is InChI=1S/C16H16FNO2S/c1-18(10-13-6-7-21-11-13)9-12-2-4-15(17)14(8-12)3-5-16(19)20/h2-8,11H,9-10H2,1H3,(H,19,20). The Morgan fingerprint density at radius 3 is 2.76 bits per heavy atom. The highest BCUT2D eigenvalue weighted by molar-refractivity contribution is 7.07. The minimum atomic E-state index is -1.09. The topological polar surface area (TPSA) is 40.5 Å². The highest BCUT2D eigenvalue weighted by Crippen LogP contribution is 2.15. The van der Waals surface area contributed by atoms with Crippen LogP contribution in [0, 0.1) is 5.82 Å². The maximum absolute atomic E-state index is 13.6. The first-order chi connectivity index (χ1) is 10.0. The van der Waals surface area contributed by atoms with Gasteiger partial charge in [0.25, 0.3) is 0 Å². The largest absolute Gasteiger partial charge is 0.478 e. The highest BCUT2D eigenvalue weighted by Gasteiger charge is 2.05. The third-order valence-corrected chi connectivity index (χ3v) is 3.68. The molecule has 0 atom stereocenters. The quantitative estimate of drug-likeness (QED) is 0.829. The van der Waals surface area contributed by atoms with E-state index in [-0.39, 0.29) is 0 Å². The molecule has 110 valence electrons. The number of carboxylic acids is 1. The third-order valence-electron chi connectivity index (χ3n) is 2.95. The minimum Gasteiger partial charge on any atom is -0.478 e. The van der Waals surface area contributed by atoms with E-state index in [4.69, 9.17) is 5.11 Å². The smallest absolute Gasteiger partial charge is 0.328 e. The molecular formula is C16H16FNO2S. The van der Waals surface area contributed by atoms with Crippen LogP contribution in [0.4, 0.5) is 4.39 Å². The van der Waals surface area contributed by atoms with E-state index >= 15 is 0 Å². The van der Waals surface area contributed by atoms with Crippen LogP contribution in [-0.2, 0) is 17.9 Å². The molecule has 0 saturated heterocycles. The molecule has 0 amide bonds. The lowest BCUT2D eigenvalue weighted by Crippen LogP contribution is -2.16. The van der Waals surface area contributed by atoms with Crippen molar-refractivity contribution in [1.82, 2.24) is 4.90 Å². The molecule has 5 heteroatoms. The van der Waals surface area contributed by atoms with Crippen LogP contribution in [0.3, 0.4) is 0 Å². The first-order valence-electron chi connectivity index (χ1n) is 6.43. The molecular weight excluding hydrogens is 289 g/mol.